The lowest BCUT2D eigenvalue weighted by molar-refractivity contribution is 0.869. The zero-order valence-corrected chi connectivity index (χ0v) is 12.8. The van der Waals surface area contributed by atoms with Gasteiger partial charge >= 0.3 is 0 Å². The minimum Gasteiger partial charge on any atom is -0.389 e. The third kappa shape index (κ3) is 3.14. The number of hydrogen-bond acceptors (Lipinski definition) is 3. The van der Waals surface area contributed by atoms with Gasteiger partial charge < -0.3 is 11.1 Å². The zero-order valence-electron chi connectivity index (χ0n) is 12.0. The van der Waals surface area contributed by atoms with Crippen LogP contribution in [0.15, 0.2) is 36.4 Å². The molecule has 0 aliphatic heterocycles. The average molecular weight is 285 g/mol. The van der Waals surface area contributed by atoms with Crippen LogP contribution in [0, 0.1) is 6.92 Å². The number of rotatable bonds is 4. The largest absolute Gasteiger partial charge is 0.389 e. The van der Waals surface area contributed by atoms with Gasteiger partial charge in [0, 0.05) is 11.4 Å². The van der Waals surface area contributed by atoms with Crippen LogP contribution in [0.1, 0.15) is 36.6 Å². The van der Waals surface area contributed by atoms with Crippen LogP contribution in [0.2, 0.25) is 0 Å². The van der Waals surface area contributed by atoms with Gasteiger partial charge in [-0.05, 0) is 36.6 Å². The first-order valence-corrected chi connectivity index (χ1v) is 7.03. The maximum absolute atomic E-state index is 5.77. The Morgan fingerprint density at radius 3 is 2.55 bits per heavy atom. The predicted molar refractivity (Wildman–Crippen MR) is 88.7 cm³/mol. The molecule has 0 radical (unpaired) electrons. The molecule has 104 valence electrons. The molecule has 20 heavy (non-hydrogen) atoms. The summed E-state index contributed by atoms with van der Waals surface area (Å²) in [7, 11) is 0. The number of aryl methyl sites for hydroxylation is 1. The number of nitrogens with zero attached hydrogens (tertiary/aromatic N) is 1. The molecule has 1 aromatic carbocycles. The fourth-order valence-corrected chi connectivity index (χ4v) is 2.26. The average Bonchev–Trinajstić information content (AvgIpc) is 2.38. The molecule has 0 spiro atoms. The molecule has 0 amide bonds. The van der Waals surface area contributed by atoms with Crippen molar-refractivity contribution in [2.75, 3.05) is 5.32 Å². The Bertz CT molecular complexity index is 635. The van der Waals surface area contributed by atoms with Crippen LogP contribution in [0.5, 0.6) is 0 Å². The third-order valence-electron chi connectivity index (χ3n) is 3.14. The van der Waals surface area contributed by atoms with Gasteiger partial charge in [-0.3, -0.25) is 0 Å². The van der Waals surface area contributed by atoms with Crippen molar-refractivity contribution < 1.29 is 0 Å². The summed E-state index contributed by atoms with van der Waals surface area (Å²) >= 11 is 5.09. The van der Waals surface area contributed by atoms with Gasteiger partial charge in [0.25, 0.3) is 0 Å². The van der Waals surface area contributed by atoms with E-state index < -0.39 is 0 Å². The van der Waals surface area contributed by atoms with E-state index in [1.807, 2.05) is 37.3 Å². The van der Waals surface area contributed by atoms with Crippen molar-refractivity contribution in [1.29, 1.82) is 0 Å². The van der Waals surface area contributed by atoms with E-state index in [4.69, 9.17) is 18.0 Å². The van der Waals surface area contributed by atoms with Gasteiger partial charge in [-0.2, -0.15) is 0 Å². The highest BCUT2D eigenvalue weighted by atomic mass is 32.1. The number of hydrogen-bond donors (Lipinski definition) is 2. The lowest BCUT2D eigenvalue weighted by atomic mass is 10.0. The Kier molecular flexibility index (Phi) is 4.35. The number of para-hydroxylation sites is 1. The van der Waals surface area contributed by atoms with Crippen LogP contribution in [0.25, 0.3) is 0 Å². The number of nitrogens with one attached hydrogen (secondary N) is 1. The van der Waals surface area contributed by atoms with E-state index >= 15 is 0 Å². The number of aromatic nitrogens is 1. The first kappa shape index (κ1) is 14.5. The molecule has 0 unspecified atom stereocenters. The molecule has 0 saturated heterocycles. The molecule has 4 heteroatoms. The third-order valence-corrected chi connectivity index (χ3v) is 3.36. The van der Waals surface area contributed by atoms with Crippen molar-refractivity contribution in [2.45, 2.75) is 26.7 Å². The molecule has 3 N–H and O–H groups in total. The molecule has 3 nitrogen and oxygen atoms in total. The minimum atomic E-state index is 0.349. The van der Waals surface area contributed by atoms with Crippen molar-refractivity contribution in [2.24, 2.45) is 5.73 Å². The number of anilines is 2. The summed E-state index contributed by atoms with van der Waals surface area (Å²) in [6.07, 6.45) is 0. The molecule has 0 bridgehead atoms. The van der Waals surface area contributed by atoms with E-state index in [0.717, 1.165) is 16.9 Å². The predicted octanol–water partition coefficient (Wildman–Crippen LogP) is 3.89. The highest BCUT2D eigenvalue weighted by Crippen LogP contribution is 2.27. The highest BCUT2D eigenvalue weighted by molar-refractivity contribution is 7.80. The molecular formula is C16H19N3S. The maximum atomic E-state index is 5.77. The summed E-state index contributed by atoms with van der Waals surface area (Å²) < 4.78 is 0. The van der Waals surface area contributed by atoms with Gasteiger partial charge in [0.2, 0.25) is 0 Å². The standard InChI is InChI=1S/C16H19N3S/c1-10(2)12-6-4-5-7-14(12)19-16-13(15(17)20)9-8-11(3)18-16/h4-10H,1-3H3,(H2,17,20)(H,18,19). The zero-order chi connectivity index (χ0) is 14.7. The lowest BCUT2D eigenvalue weighted by Crippen LogP contribution is -2.13. The second kappa shape index (κ2) is 6.01. The topological polar surface area (TPSA) is 50.9 Å². The molecule has 0 saturated carbocycles. The smallest absolute Gasteiger partial charge is 0.140 e. The molecule has 1 aromatic heterocycles. The van der Waals surface area contributed by atoms with Crippen LogP contribution in [0.3, 0.4) is 0 Å². The number of nitrogens with two attached hydrogens (primary N) is 1. The lowest BCUT2D eigenvalue weighted by Gasteiger charge is -2.16. The van der Waals surface area contributed by atoms with Crippen LogP contribution >= 0.6 is 12.2 Å². The maximum Gasteiger partial charge on any atom is 0.140 e. The Morgan fingerprint density at radius 1 is 1.20 bits per heavy atom. The van der Waals surface area contributed by atoms with Crippen LogP contribution in [0.4, 0.5) is 11.5 Å². The summed E-state index contributed by atoms with van der Waals surface area (Å²) in [6.45, 7) is 6.28. The molecule has 2 aromatic rings. The van der Waals surface area contributed by atoms with E-state index in [2.05, 4.69) is 30.2 Å². The molecule has 1 heterocycles. The first-order valence-electron chi connectivity index (χ1n) is 6.62. The summed E-state index contributed by atoms with van der Waals surface area (Å²) in [5, 5.41) is 3.37. The summed E-state index contributed by atoms with van der Waals surface area (Å²) in [4.78, 5) is 4.86. The van der Waals surface area contributed by atoms with E-state index in [-0.39, 0.29) is 0 Å². The SMILES string of the molecule is Cc1ccc(C(N)=S)c(Nc2ccccc2C(C)C)n1. The van der Waals surface area contributed by atoms with Crippen LogP contribution in [-0.4, -0.2) is 9.97 Å². The normalized spacial score (nSPS) is 10.6. The van der Waals surface area contributed by atoms with Crippen molar-refractivity contribution in [3.63, 3.8) is 0 Å². The molecule has 2 rings (SSSR count). The van der Waals surface area contributed by atoms with Gasteiger partial charge in [-0.15, -0.1) is 0 Å². The van der Waals surface area contributed by atoms with Gasteiger partial charge in [-0.1, -0.05) is 44.3 Å². The number of benzene rings is 1. The number of pyridine rings is 1. The van der Waals surface area contributed by atoms with E-state index in [1.54, 1.807) is 0 Å². The van der Waals surface area contributed by atoms with Gasteiger partial charge in [0.1, 0.15) is 10.8 Å². The second-order valence-electron chi connectivity index (χ2n) is 5.08. The highest BCUT2D eigenvalue weighted by Gasteiger charge is 2.11. The van der Waals surface area contributed by atoms with E-state index in [0.29, 0.717) is 16.7 Å². The fourth-order valence-electron chi connectivity index (χ4n) is 2.09. The number of thiocarbonyl (C=S) groups is 1. The van der Waals surface area contributed by atoms with Crippen molar-refractivity contribution in [3.05, 3.63) is 53.2 Å². The molecule has 0 fully saturated rings. The van der Waals surface area contributed by atoms with E-state index in [9.17, 15) is 0 Å². The molecule has 0 aliphatic rings. The molecule has 0 atom stereocenters. The van der Waals surface area contributed by atoms with Crippen molar-refractivity contribution >= 4 is 28.7 Å². The monoisotopic (exact) mass is 285 g/mol. The first-order chi connectivity index (χ1) is 9.49. The summed E-state index contributed by atoms with van der Waals surface area (Å²) in [6, 6.07) is 12.0. The van der Waals surface area contributed by atoms with E-state index in [1.165, 1.54) is 5.56 Å². The fraction of sp³-hybridized carbons (Fsp3) is 0.250. The second-order valence-corrected chi connectivity index (χ2v) is 5.52. The van der Waals surface area contributed by atoms with Gasteiger partial charge in [-0.25, -0.2) is 4.98 Å². The molecule has 0 aliphatic carbocycles. The quantitative estimate of drug-likeness (QED) is 0.837. The van der Waals surface area contributed by atoms with Crippen molar-refractivity contribution in [3.8, 4) is 0 Å². The molecular weight excluding hydrogens is 266 g/mol. The minimum absolute atomic E-state index is 0.349. The summed E-state index contributed by atoms with van der Waals surface area (Å²) in [5.41, 5.74) is 9.74. The Morgan fingerprint density at radius 2 is 1.90 bits per heavy atom. The Labute approximate surface area is 125 Å². The Balaban J connectivity index is 2.45. The summed E-state index contributed by atoms with van der Waals surface area (Å²) in [5.74, 6) is 1.14. The van der Waals surface area contributed by atoms with Crippen LogP contribution in [-0.2, 0) is 0 Å². The van der Waals surface area contributed by atoms with Crippen molar-refractivity contribution in [1.82, 2.24) is 4.98 Å². The van der Waals surface area contributed by atoms with Gasteiger partial charge in [0.15, 0.2) is 0 Å². The van der Waals surface area contributed by atoms with Crippen LogP contribution < -0.4 is 11.1 Å². The van der Waals surface area contributed by atoms with Gasteiger partial charge in [0.05, 0.1) is 5.56 Å². The Hall–Kier alpha value is -1.94.